The van der Waals surface area contributed by atoms with Gasteiger partial charge in [-0.05, 0) is 18.2 Å². The summed E-state index contributed by atoms with van der Waals surface area (Å²) in [5.74, 6) is 0. The van der Waals surface area contributed by atoms with E-state index in [1.807, 2.05) is 24.3 Å². The van der Waals surface area contributed by atoms with E-state index < -0.39 is 10.0 Å². The molecule has 1 heterocycles. The van der Waals surface area contributed by atoms with Crippen molar-refractivity contribution in [2.75, 3.05) is 48.7 Å². The van der Waals surface area contributed by atoms with Crippen molar-refractivity contribution in [3.8, 4) is 0 Å². The van der Waals surface area contributed by atoms with Gasteiger partial charge < -0.3 is 10.2 Å². The van der Waals surface area contributed by atoms with Crippen molar-refractivity contribution in [3.05, 3.63) is 24.3 Å². The maximum absolute atomic E-state index is 11.5. The van der Waals surface area contributed by atoms with Crippen LogP contribution < -0.4 is 14.5 Å². The Balaban J connectivity index is 2.24. The molecule has 0 amide bonds. The van der Waals surface area contributed by atoms with Crippen LogP contribution >= 0.6 is 0 Å². The fourth-order valence-electron chi connectivity index (χ4n) is 2.00. The van der Waals surface area contributed by atoms with Crippen molar-refractivity contribution in [2.24, 2.45) is 0 Å². The molecule has 1 fully saturated rings. The van der Waals surface area contributed by atoms with Gasteiger partial charge in [0, 0.05) is 38.9 Å². The van der Waals surface area contributed by atoms with Crippen LogP contribution in [0.2, 0.25) is 0 Å². The summed E-state index contributed by atoms with van der Waals surface area (Å²) in [5.41, 5.74) is 1.78. The van der Waals surface area contributed by atoms with E-state index in [9.17, 15) is 8.42 Å². The van der Waals surface area contributed by atoms with Gasteiger partial charge in [-0.25, -0.2) is 8.42 Å². The molecular weight excluding hydrogens is 250 g/mol. The number of nitrogens with zero attached hydrogens (tertiary/aromatic N) is 2. The molecule has 0 bridgehead atoms. The van der Waals surface area contributed by atoms with Crippen molar-refractivity contribution >= 4 is 21.4 Å². The summed E-state index contributed by atoms with van der Waals surface area (Å²) in [5, 5.41) is 3.30. The van der Waals surface area contributed by atoms with Gasteiger partial charge in [0.05, 0.1) is 11.9 Å². The van der Waals surface area contributed by atoms with Crippen LogP contribution in [-0.2, 0) is 10.0 Å². The summed E-state index contributed by atoms with van der Waals surface area (Å²) in [4.78, 5) is 2.26. The van der Waals surface area contributed by atoms with E-state index in [0.29, 0.717) is 5.69 Å². The van der Waals surface area contributed by atoms with Gasteiger partial charge in [0.1, 0.15) is 0 Å². The number of nitrogens with one attached hydrogen (secondary N) is 1. The monoisotopic (exact) mass is 269 g/mol. The molecule has 0 saturated carbocycles. The Morgan fingerprint density at radius 1 is 1.28 bits per heavy atom. The second kappa shape index (κ2) is 5.16. The number of hydrogen-bond donors (Lipinski definition) is 1. The third kappa shape index (κ3) is 2.94. The molecule has 1 aromatic rings. The molecule has 0 unspecified atom stereocenters. The first-order valence-electron chi connectivity index (χ1n) is 5.98. The highest BCUT2D eigenvalue weighted by Crippen LogP contribution is 2.23. The zero-order chi connectivity index (χ0) is 13.2. The van der Waals surface area contributed by atoms with Gasteiger partial charge >= 0.3 is 0 Å². The molecule has 1 N–H and O–H groups in total. The highest BCUT2D eigenvalue weighted by molar-refractivity contribution is 7.92. The van der Waals surface area contributed by atoms with E-state index in [-0.39, 0.29) is 0 Å². The Labute approximate surface area is 108 Å². The molecule has 1 aliphatic rings. The van der Waals surface area contributed by atoms with Crippen molar-refractivity contribution in [3.63, 3.8) is 0 Å². The summed E-state index contributed by atoms with van der Waals surface area (Å²) in [6, 6.07) is 7.65. The Morgan fingerprint density at radius 2 is 1.94 bits per heavy atom. The molecule has 5 nitrogen and oxygen atoms in total. The summed E-state index contributed by atoms with van der Waals surface area (Å²) in [6.07, 6.45) is 1.21. The van der Waals surface area contributed by atoms with E-state index in [4.69, 9.17) is 0 Å². The fraction of sp³-hybridized carbons (Fsp3) is 0.500. The number of benzene rings is 1. The average molecular weight is 269 g/mol. The normalized spacial score (nSPS) is 16.7. The van der Waals surface area contributed by atoms with Gasteiger partial charge in [-0.1, -0.05) is 6.07 Å². The molecule has 1 saturated heterocycles. The van der Waals surface area contributed by atoms with Crippen LogP contribution in [0.15, 0.2) is 24.3 Å². The Morgan fingerprint density at radius 3 is 2.56 bits per heavy atom. The van der Waals surface area contributed by atoms with Gasteiger partial charge in [-0.2, -0.15) is 0 Å². The zero-order valence-electron chi connectivity index (χ0n) is 10.8. The number of piperazine rings is 1. The molecule has 6 heteroatoms. The molecule has 0 radical (unpaired) electrons. The third-order valence-electron chi connectivity index (χ3n) is 3.17. The molecule has 18 heavy (non-hydrogen) atoms. The number of hydrogen-bond acceptors (Lipinski definition) is 4. The van der Waals surface area contributed by atoms with E-state index in [2.05, 4.69) is 10.2 Å². The Kier molecular flexibility index (Phi) is 3.77. The molecule has 0 aromatic heterocycles. The minimum absolute atomic E-state index is 0.702. The van der Waals surface area contributed by atoms with E-state index >= 15 is 0 Å². The highest BCUT2D eigenvalue weighted by atomic mass is 32.2. The number of sulfonamides is 1. The minimum Gasteiger partial charge on any atom is -0.369 e. The van der Waals surface area contributed by atoms with Crippen LogP contribution in [0.1, 0.15) is 0 Å². The zero-order valence-corrected chi connectivity index (χ0v) is 11.6. The maximum atomic E-state index is 11.5. The quantitative estimate of drug-likeness (QED) is 0.868. The lowest BCUT2D eigenvalue weighted by Crippen LogP contribution is -2.43. The summed E-state index contributed by atoms with van der Waals surface area (Å²) in [6.45, 7) is 3.83. The molecule has 0 atom stereocenters. The first-order valence-corrected chi connectivity index (χ1v) is 7.83. The van der Waals surface area contributed by atoms with Crippen molar-refractivity contribution in [1.82, 2.24) is 5.32 Å². The van der Waals surface area contributed by atoms with Crippen LogP contribution in [0.5, 0.6) is 0 Å². The van der Waals surface area contributed by atoms with E-state index in [1.165, 1.54) is 10.6 Å². The Hall–Kier alpha value is -1.27. The lowest BCUT2D eigenvalue weighted by Gasteiger charge is -2.30. The minimum atomic E-state index is -3.20. The SMILES string of the molecule is CN(c1cccc(N2CCNCC2)c1)S(C)(=O)=O. The smallest absolute Gasteiger partial charge is 0.231 e. The largest absolute Gasteiger partial charge is 0.369 e. The van der Waals surface area contributed by atoms with Gasteiger partial charge in [0.2, 0.25) is 10.0 Å². The molecule has 0 aliphatic carbocycles. The lowest BCUT2D eigenvalue weighted by atomic mass is 10.2. The van der Waals surface area contributed by atoms with E-state index in [1.54, 1.807) is 7.05 Å². The average Bonchev–Trinajstić information content (AvgIpc) is 2.38. The second-order valence-electron chi connectivity index (χ2n) is 4.49. The molecular formula is C12H19N3O2S. The van der Waals surface area contributed by atoms with Crippen LogP contribution in [0.3, 0.4) is 0 Å². The highest BCUT2D eigenvalue weighted by Gasteiger charge is 2.15. The molecule has 1 aliphatic heterocycles. The molecule has 100 valence electrons. The molecule has 0 spiro atoms. The van der Waals surface area contributed by atoms with Crippen molar-refractivity contribution in [2.45, 2.75) is 0 Å². The lowest BCUT2D eigenvalue weighted by molar-refractivity contribution is 0.589. The first kappa shape index (κ1) is 13.2. The van der Waals surface area contributed by atoms with E-state index in [0.717, 1.165) is 31.9 Å². The maximum Gasteiger partial charge on any atom is 0.231 e. The molecule has 1 aromatic carbocycles. The Bertz CT molecular complexity index is 510. The molecule has 2 rings (SSSR count). The topological polar surface area (TPSA) is 52.6 Å². The van der Waals surface area contributed by atoms with Gasteiger partial charge in [0.15, 0.2) is 0 Å². The summed E-state index contributed by atoms with van der Waals surface area (Å²) >= 11 is 0. The summed E-state index contributed by atoms with van der Waals surface area (Å²) < 4.78 is 24.3. The van der Waals surface area contributed by atoms with Crippen molar-refractivity contribution in [1.29, 1.82) is 0 Å². The third-order valence-corrected chi connectivity index (χ3v) is 4.38. The number of rotatable bonds is 3. The van der Waals surface area contributed by atoms with Gasteiger partial charge in [-0.15, -0.1) is 0 Å². The van der Waals surface area contributed by atoms with Crippen LogP contribution in [0.25, 0.3) is 0 Å². The van der Waals surface area contributed by atoms with Crippen LogP contribution in [-0.4, -0.2) is 47.9 Å². The fourth-order valence-corrected chi connectivity index (χ4v) is 2.50. The van der Waals surface area contributed by atoms with Crippen molar-refractivity contribution < 1.29 is 8.42 Å². The number of anilines is 2. The first-order chi connectivity index (χ1) is 8.48. The standard InChI is InChI=1S/C12H19N3O2S/c1-14(18(2,16)17)11-4-3-5-12(10-11)15-8-6-13-7-9-15/h3-5,10,13H,6-9H2,1-2H3. The van der Waals surface area contributed by atoms with Crippen LogP contribution in [0.4, 0.5) is 11.4 Å². The van der Waals surface area contributed by atoms with Gasteiger partial charge in [0.25, 0.3) is 0 Å². The van der Waals surface area contributed by atoms with Gasteiger partial charge in [-0.3, -0.25) is 4.31 Å². The second-order valence-corrected chi connectivity index (χ2v) is 6.50. The summed E-state index contributed by atoms with van der Waals surface area (Å²) in [7, 11) is -1.63. The van der Waals surface area contributed by atoms with Crippen LogP contribution in [0, 0.1) is 0 Å². The predicted molar refractivity (Wildman–Crippen MR) is 74.8 cm³/mol. The predicted octanol–water partition coefficient (Wildman–Crippen LogP) is 0.492.